The average Bonchev–Trinajstić information content (AvgIpc) is 2.56. The summed E-state index contributed by atoms with van der Waals surface area (Å²) in [6, 6.07) is 1.68. The van der Waals surface area contributed by atoms with Gasteiger partial charge in [-0.1, -0.05) is 44.0 Å². The van der Waals surface area contributed by atoms with E-state index in [2.05, 4.69) is 25.8 Å². The van der Waals surface area contributed by atoms with Crippen molar-refractivity contribution in [3.05, 3.63) is 28.0 Å². The van der Waals surface area contributed by atoms with Gasteiger partial charge in [-0.05, 0) is 18.4 Å². The Bertz CT molecular complexity index is 575. The van der Waals surface area contributed by atoms with Crippen molar-refractivity contribution in [3.63, 3.8) is 0 Å². The summed E-state index contributed by atoms with van der Waals surface area (Å²) in [5, 5.41) is 1.08. The maximum Gasteiger partial charge on any atom is 0.157 e. The first kappa shape index (κ1) is 13.5. The van der Waals surface area contributed by atoms with Crippen LogP contribution >= 0.6 is 23.2 Å². The van der Waals surface area contributed by atoms with Gasteiger partial charge in [0, 0.05) is 12.1 Å². The number of imidazole rings is 1. The van der Waals surface area contributed by atoms with Gasteiger partial charge in [-0.25, -0.2) is 4.98 Å². The van der Waals surface area contributed by atoms with Crippen LogP contribution in [0.4, 0.5) is 5.82 Å². The molecular weight excluding hydrogens is 269 g/mol. The minimum atomic E-state index is 0.305. The molecule has 0 radical (unpaired) electrons. The molecule has 2 heterocycles. The molecule has 0 saturated carbocycles. The summed E-state index contributed by atoms with van der Waals surface area (Å²) in [6.45, 7) is 6.51. The third kappa shape index (κ3) is 2.43. The highest BCUT2D eigenvalue weighted by molar-refractivity contribution is 6.36. The topological polar surface area (TPSA) is 43.3 Å². The second-order valence-corrected chi connectivity index (χ2v) is 5.96. The van der Waals surface area contributed by atoms with Crippen molar-refractivity contribution in [1.82, 2.24) is 9.38 Å². The standard InChI is InChI=1S/C13H17Cl2N3/c1-7(2)4-8(3)11-12(16)18-6-9(14)5-10(15)13(18)17-11/h5-8H,4,16H2,1-3H3. The highest BCUT2D eigenvalue weighted by Gasteiger charge is 2.18. The van der Waals surface area contributed by atoms with Crippen LogP contribution in [0.1, 0.15) is 38.8 Å². The zero-order valence-electron chi connectivity index (χ0n) is 10.7. The third-order valence-electron chi connectivity index (χ3n) is 3.00. The Morgan fingerprint density at radius 1 is 1.33 bits per heavy atom. The molecule has 0 aliphatic heterocycles. The molecule has 0 fully saturated rings. The van der Waals surface area contributed by atoms with Gasteiger partial charge in [-0.15, -0.1) is 0 Å². The molecular formula is C13H17Cl2N3. The molecule has 2 rings (SSSR count). The van der Waals surface area contributed by atoms with Crippen LogP contribution in [-0.2, 0) is 0 Å². The number of fused-ring (bicyclic) bond motifs is 1. The van der Waals surface area contributed by atoms with E-state index in [0.717, 1.165) is 12.1 Å². The Labute approximate surface area is 117 Å². The minimum Gasteiger partial charge on any atom is -0.383 e. The van der Waals surface area contributed by atoms with Crippen molar-refractivity contribution >= 4 is 34.7 Å². The lowest BCUT2D eigenvalue weighted by Gasteiger charge is -2.12. The average molecular weight is 286 g/mol. The Morgan fingerprint density at radius 3 is 2.61 bits per heavy atom. The summed E-state index contributed by atoms with van der Waals surface area (Å²) in [7, 11) is 0. The Morgan fingerprint density at radius 2 is 2.00 bits per heavy atom. The van der Waals surface area contributed by atoms with Crippen LogP contribution < -0.4 is 5.73 Å². The van der Waals surface area contributed by atoms with Gasteiger partial charge >= 0.3 is 0 Å². The molecule has 0 amide bonds. The third-order valence-corrected chi connectivity index (χ3v) is 3.48. The van der Waals surface area contributed by atoms with E-state index in [0.29, 0.717) is 33.3 Å². The molecule has 2 aromatic heterocycles. The predicted molar refractivity (Wildman–Crippen MR) is 77.5 cm³/mol. The minimum absolute atomic E-state index is 0.305. The fourth-order valence-electron chi connectivity index (χ4n) is 2.29. The van der Waals surface area contributed by atoms with Crippen molar-refractivity contribution < 1.29 is 0 Å². The molecule has 2 aromatic rings. The van der Waals surface area contributed by atoms with Crippen LogP contribution in [0.15, 0.2) is 12.3 Å². The van der Waals surface area contributed by atoms with Crippen molar-refractivity contribution in [3.8, 4) is 0 Å². The van der Waals surface area contributed by atoms with E-state index >= 15 is 0 Å². The second kappa shape index (κ2) is 4.98. The summed E-state index contributed by atoms with van der Waals surface area (Å²) < 4.78 is 1.76. The van der Waals surface area contributed by atoms with Gasteiger partial charge in [-0.3, -0.25) is 4.40 Å². The number of rotatable bonds is 3. The van der Waals surface area contributed by atoms with Crippen molar-refractivity contribution in [2.24, 2.45) is 5.92 Å². The van der Waals surface area contributed by atoms with Gasteiger partial charge in [0.2, 0.25) is 0 Å². The van der Waals surface area contributed by atoms with Crippen LogP contribution in [-0.4, -0.2) is 9.38 Å². The van der Waals surface area contributed by atoms with E-state index in [1.54, 1.807) is 16.7 Å². The van der Waals surface area contributed by atoms with E-state index in [9.17, 15) is 0 Å². The summed E-state index contributed by atoms with van der Waals surface area (Å²) >= 11 is 12.1. The van der Waals surface area contributed by atoms with Crippen molar-refractivity contribution in [2.45, 2.75) is 33.1 Å². The number of aromatic nitrogens is 2. The van der Waals surface area contributed by atoms with Crippen molar-refractivity contribution in [2.75, 3.05) is 5.73 Å². The number of hydrogen-bond donors (Lipinski definition) is 1. The van der Waals surface area contributed by atoms with E-state index in [-0.39, 0.29) is 0 Å². The number of anilines is 1. The first-order valence-corrected chi connectivity index (χ1v) is 6.78. The van der Waals surface area contributed by atoms with E-state index in [1.165, 1.54) is 0 Å². The molecule has 5 heteroatoms. The lowest BCUT2D eigenvalue weighted by molar-refractivity contribution is 0.519. The molecule has 0 saturated heterocycles. The zero-order valence-corrected chi connectivity index (χ0v) is 12.3. The van der Waals surface area contributed by atoms with Gasteiger partial charge in [0.15, 0.2) is 5.65 Å². The summed E-state index contributed by atoms with van der Waals surface area (Å²) in [5.41, 5.74) is 7.70. The highest BCUT2D eigenvalue weighted by atomic mass is 35.5. The molecule has 0 aliphatic carbocycles. The molecule has 1 atom stereocenters. The molecule has 0 spiro atoms. The fraction of sp³-hybridized carbons (Fsp3) is 0.462. The maximum atomic E-state index is 6.14. The van der Waals surface area contributed by atoms with E-state index in [1.807, 2.05) is 0 Å². The number of nitrogens with zero attached hydrogens (tertiary/aromatic N) is 2. The SMILES string of the molecule is CC(C)CC(C)c1nc2c(Cl)cc(Cl)cn2c1N. The number of halogens is 2. The van der Waals surface area contributed by atoms with Gasteiger partial charge in [0.1, 0.15) is 5.82 Å². The van der Waals surface area contributed by atoms with Gasteiger partial charge in [-0.2, -0.15) is 0 Å². The predicted octanol–water partition coefficient (Wildman–Crippen LogP) is 4.37. The fourth-order valence-corrected chi connectivity index (χ4v) is 2.80. The summed E-state index contributed by atoms with van der Waals surface area (Å²) in [4.78, 5) is 4.55. The van der Waals surface area contributed by atoms with E-state index < -0.39 is 0 Å². The lowest BCUT2D eigenvalue weighted by Crippen LogP contribution is -2.03. The lowest BCUT2D eigenvalue weighted by atomic mass is 9.96. The Balaban J connectivity index is 2.53. The van der Waals surface area contributed by atoms with Crippen LogP contribution in [0.5, 0.6) is 0 Å². The van der Waals surface area contributed by atoms with Crippen molar-refractivity contribution in [1.29, 1.82) is 0 Å². The summed E-state index contributed by atoms with van der Waals surface area (Å²) in [5.74, 6) is 1.53. The number of nitrogens with two attached hydrogens (primary N) is 1. The van der Waals surface area contributed by atoms with Crippen LogP contribution in [0.25, 0.3) is 5.65 Å². The quantitative estimate of drug-likeness (QED) is 0.910. The van der Waals surface area contributed by atoms with Crippen LogP contribution in [0, 0.1) is 5.92 Å². The number of pyridine rings is 1. The van der Waals surface area contributed by atoms with Gasteiger partial charge in [0.25, 0.3) is 0 Å². The molecule has 1 unspecified atom stereocenters. The molecule has 98 valence electrons. The number of nitrogen functional groups attached to an aromatic ring is 1. The first-order valence-electron chi connectivity index (χ1n) is 6.02. The largest absolute Gasteiger partial charge is 0.383 e. The normalized spacial score (nSPS) is 13.4. The van der Waals surface area contributed by atoms with Gasteiger partial charge in [0.05, 0.1) is 15.7 Å². The molecule has 18 heavy (non-hydrogen) atoms. The molecule has 0 aliphatic rings. The first-order chi connectivity index (χ1) is 8.40. The molecule has 0 bridgehead atoms. The molecule has 2 N–H and O–H groups in total. The van der Waals surface area contributed by atoms with Gasteiger partial charge < -0.3 is 5.73 Å². The molecule has 0 aromatic carbocycles. The maximum absolute atomic E-state index is 6.14. The van der Waals surface area contributed by atoms with E-state index in [4.69, 9.17) is 28.9 Å². The summed E-state index contributed by atoms with van der Waals surface area (Å²) in [6.07, 6.45) is 2.79. The molecule has 3 nitrogen and oxygen atoms in total. The van der Waals surface area contributed by atoms with Crippen LogP contribution in [0.3, 0.4) is 0 Å². The number of hydrogen-bond acceptors (Lipinski definition) is 2. The zero-order chi connectivity index (χ0) is 13.4. The second-order valence-electron chi connectivity index (χ2n) is 5.11. The monoisotopic (exact) mass is 285 g/mol. The Kier molecular flexibility index (Phi) is 3.74. The Hall–Kier alpha value is -0.930. The van der Waals surface area contributed by atoms with Crippen LogP contribution in [0.2, 0.25) is 10.0 Å². The highest BCUT2D eigenvalue weighted by Crippen LogP contribution is 2.31. The smallest absolute Gasteiger partial charge is 0.157 e.